The van der Waals surface area contributed by atoms with E-state index >= 15 is 0 Å². The monoisotopic (exact) mass is 263 g/mol. The summed E-state index contributed by atoms with van der Waals surface area (Å²) in [7, 11) is 0. The highest BCUT2D eigenvalue weighted by Gasteiger charge is 2.37. The minimum Gasteiger partial charge on any atom is -0.297 e. The van der Waals surface area contributed by atoms with Crippen LogP contribution in [0.2, 0.25) is 0 Å². The van der Waals surface area contributed by atoms with Gasteiger partial charge in [0.05, 0.1) is 6.04 Å². The molecule has 0 fully saturated rings. The van der Waals surface area contributed by atoms with Crippen molar-refractivity contribution in [1.29, 1.82) is 0 Å². The van der Waals surface area contributed by atoms with Crippen LogP contribution in [0.3, 0.4) is 0 Å². The number of nitrogens with zero attached hydrogens (tertiary/aromatic N) is 1. The van der Waals surface area contributed by atoms with Gasteiger partial charge in [0, 0.05) is 5.54 Å². The van der Waals surface area contributed by atoms with Crippen LogP contribution in [0.5, 0.6) is 0 Å². The fraction of sp³-hybridized carbons (Fsp3) is 0.625. The van der Waals surface area contributed by atoms with Gasteiger partial charge in [-0.3, -0.25) is 16.2 Å². The van der Waals surface area contributed by atoms with Gasteiger partial charge in [-0.05, 0) is 38.9 Å². The summed E-state index contributed by atoms with van der Waals surface area (Å²) in [5.74, 6) is 5.88. The molecule has 0 aliphatic rings. The molecule has 0 spiro atoms. The molecule has 3 N–H and O–H groups in total. The van der Waals surface area contributed by atoms with Crippen LogP contribution >= 0.6 is 0 Å². The molecule has 19 heavy (non-hydrogen) atoms. The molecule has 3 nitrogen and oxygen atoms in total. The third-order valence-electron chi connectivity index (χ3n) is 4.40. The van der Waals surface area contributed by atoms with Crippen molar-refractivity contribution < 1.29 is 0 Å². The average molecular weight is 263 g/mol. The summed E-state index contributed by atoms with van der Waals surface area (Å²) in [6.45, 7) is 13.1. The molecule has 108 valence electrons. The Labute approximate surface area is 118 Å². The van der Waals surface area contributed by atoms with E-state index in [0.717, 1.165) is 19.5 Å². The highest BCUT2D eigenvalue weighted by atomic mass is 15.3. The first kappa shape index (κ1) is 16.2. The summed E-state index contributed by atoms with van der Waals surface area (Å²) < 4.78 is 0. The maximum atomic E-state index is 5.88. The van der Waals surface area contributed by atoms with Gasteiger partial charge in [0.15, 0.2) is 0 Å². The van der Waals surface area contributed by atoms with Crippen molar-refractivity contribution in [3.63, 3.8) is 0 Å². The molecule has 0 radical (unpaired) electrons. The van der Waals surface area contributed by atoms with Crippen molar-refractivity contribution in [3.05, 3.63) is 35.4 Å². The average Bonchev–Trinajstić information content (AvgIpc) is 2.43. The summed E-state index contributed by atoms with van der Waals surface area (Å²) in [6, 6.07) is 8.79. The third kappa shape index (κ3) is 3.35. The van der Waals surface area contributed by atoms with Crippen LogP contribution in [0, 0.1) is 6.92 Å². The number of benzene rings is 1. The second-order valence-electron chi connectivity index (χ2n) is 5.39. The fourth-order valence-electron chi connectivity index (χ4n) is 2.95. The van der Waals surface area contributed by atoms with E-state index in [1.54, 1.807) is 0 Å². The molecule has 2 atom stereocenters. The fourth-order valence-corrected chi connectivity index (χ4v) is 2.95. The number of hydrogen-bond donors (Lipinski definition) is 2. The van der Waals surface area contributed by atoms with Gasteiger partial charge in [-0.2, -0.15) is 0 Å². The first-order valence-corrected chi connectivity index (χ1v) is 7.31. The summed E-state index contributed by atoms with van der Waals surface area (Å²) in [5.41, 5.74) is 5.59. The lowest BCUT2D eigenvalue weighted by Gasteiger charge is -2.45. The van der Waals surface area contributed by atoms with Crippen LogP contribution in [-0.2, 0) is 0 Å². The van der Waals surface area contributed by atoms with Gasteiger partial charge in [0.2, 0.25) is 0 Å². The van der Waals surface area contributed by atoms with Crippen LogP contribution < -0.4 is 11.3 Å². The Morgan fingerprint density at radius 1 is 1.16 bits per heavy atom. The molecule has 2 unspecified atom stereocenters. The zero-order valence-corrected chi connectivity index (χ0v) is 13.0. The lowest BCUT2D eigenvalue weighted by Crippen LogP contribution is -2.55. The van der Waals surface area contributed by atoms with E-state index in [1.807, 2.05) is 0 Å². The molecule has 0 aliphatic carbocycles. The van der Waals surface area contributed by atoms with Crippen molar-refractivity contribution in [2.45, 2.75) is 52.6 Å². The Hall–Kier alpha value is -0.900. The summed E-state index contributed by atoms with van der Waals surface area (Å²) in [6.07, 6.45) is 1.05. The molecule has 0 heterocycles. The van der Waals surface area contributed by atoms with Gasteiger partial charge >= 0.3 is 0 Å². The zero-order chi connectivity index (χ0) is 14.5. The van der Waals surface area contributed by atoms with E-state index < -0.39 is 0 Å². The van der Waals surface area contributed by atoms with Gasteiger partial charge in [-0.15, -0.1) is 0 Å². The maximum Gasteiger partial charge on any atom is 0.0641 e. The predicted octanol–water partition coefficient (Wildman–Crippen LogP) is 3.01. The number of nitrogens with one attached hydrogen (secondary N) is 1. The Balaban J connectivity index is 3.14. The molecular formula is C16H29N3. The van der Waals surface area contributed by atoms with E-state index in [0.29, 0.717) is 0 Å². The van der Waals surface area contributed by atoms with Crippen LogP contribution in [0.4, 0.5) is 0 Å². The van der Waals surface area contributed by atoms with Gasteiger partial charge in [0.1, 0.15) is 0 Å². The van der Waals surface area contributed by atoms with Crippen molar-refractivity contribution in [1.82, 2.24) is 10.3 Å². The summed E-state index contributed by atoms with van der Waals surface area (Å²) in [4.78, 5) is 2.48. The Morgan fingerprint density at radius 3 is 2.05 bits per heavy atom. The number of rotatable bonds is 7. The van der Waals surface area contributed by atoms with Crippen molar-refractivity contribution in [2.24, 2.45) is 5.84 Å². The standard InChI is InChI=1S/C16H29N3/c1-6-16(5,19(7-2)8-3)15(18-17)14-11-9-13(4)10-12-14/h9-12,15,18H,6-8,17H2,1-5H3. The molecule has 0 saturated heterocycles. The molecule has 0 aliphatic heterocycles. The summed E-state index contributed by atoms with van der Waals surface area (Å²) in [5, 5.41) is 0. The van der Waals surface area contributed by atoms with E-state index in [2.05, 4.69) is 69.2 Å². The van der Waals surface area contributed by atoms with Gasteiger partial charge in [0.25, 0.3) is 0 Å². The minimum absolute atomic E-state index is 0.0213. The Bertz CT molecular complexity index is 370. The normalized spacial score (nSPS) is 16.4. The molecule has 0 amide bonds. The predicted molar refractivity (Wildman–Crippen MR) is 82.9 cm³/mol. The number of likely N-dealkylation sites (N-methyl/N-ethyl adjacent to an activating group) is 1. The molecule has 0 aromatic heterocycles. The van der Waals surface area contributed by atoms with E-state index in [1.165, 1.54) is 11.1 Å². The number of hydrogen-bond acceptors (Lipinski definition) is 3. The van der Waals surface area contributed by atoms with E-state index in [9.17, 15) is 0 Å². The zero-order valence-electron chi connectivity index (χ0n) is 13.0. The van der Waals surface area contributed by atoms with Gasteiger partial charge < -0.3 is 0 Å². The molecule has 0 saturated carbocycles. The highest BCUT2D eigenvalue weighted by Crippen LogP contribution is 2.33. The van der Waals surface area contributed by atoms with Gasteiger partial charge in [-0.25, -0.2) is 0 Å². The second kappa shape index (κ2) is 7.04. The Kier molecular flexibility index (Phi) is 5.98. The quantitative estimate of drug-likeness (QED) is 0.587. The van der Waals surface area contributed by atoms with Crippen LogP contribution in [-0.4, -0.2) is 23.5 Å². The summed E-state index contributed by atoms with van der Waals surface area (Å²) >= 11 is 0. The van der Waals surface area contributed by atoms with E-state index in [4.69, 9.17) is 5.84 Å². The smallest absolute Gasteiger partial charge is 0.0641 e. The maximum absolute atomic E-state index is 5.88. The first-order chi connectivity index (χ1) is 9.03. The van der Waals surface area contributed by atoms with Crippen molar-refractivity contribution in [2.75, 3.05) is 13.1 Å². The SMILES string of the molecule is CCN(CC)C(C)(CC)C(NN)c1ccc(C)cc1. The largest absolute Gasteiger partial charge is 0.297 e. The highest BCUT2D eigenvalue weighted by molar-refractivity contribution is 5.26. The number of nitrogens with two attached hydrogens (primary N) is 1. The second-order valence-corrected chi connectivity index (χ2v) is 5.39. The lowest BCUT2D eigenvalue weighted by atomic mass is 9.83. The minimum atomic E-state index is 0.0213. The number of aryl methyl sites for hydroxylation is 1. The van der Waals surface area contributed by atoms with Crippen LogP contribution in [0.1, 0.15) is 51.3 Å². The lowest BCUT2D eigenvalue weighted by molar-refractivity contribution is 0.0698. The van der Waals surface area contributed by atoms with Crippen LogP contribution in [0.25, 0.3) is 0 Å². The molecule has 1 aromatic carbocycles. The van der Waals surface area contributed by atoms with Crippen LogP contribution in [0.15, 0.2) is 24.3 Å². The molecule has 1 rings (SSSR count). The van der Waals surface area contributed by atoms with Crippen molar-refractivity contribution in [3.8, 4) is 0 Å². The molecule has 0 bridgehead atoms. The molecule has 3 heteroatoms. The third-order valence-corrected chi connectivity index (χ3v) is 4.40. The molecule has 1 aromatic rings. The van der Waals surface area contributed by atoms with Gasteiger partial charge in [-0.1, -0.05) is 50.6 Å². The topological polar surface area (TPSA) is 41.3 Å². The van der Waals surface area contributed by atoms with E-state index in [-0.39, 0.29) is 11.6 Å². The Morgan fingerprint density at radius 2 is 1.68 bits per heavy atom. The molecular weight excluding hydrogens is 234 g/mol. The van der Waals surface area contributed by atoms with Crippen molar-refractivity contribution >= 4 is 0 Å². The first-order valence-electron chi connectivity index (χ1n) is 7.31. The number of hydrazine groups is 1.